The average molecular weight is 343 g/mol. The van der Waals surface area contributed by atoms with E-state index in [1.165, 1.54) is 17.7 Å². The first-order valence-corrected chi connectivity index (χ1v) is 8.36. The van der Waals surface area contributed by atoms with Crippen molar-refractivity contribution in [2.75, 3.05) is 7.11 Å². The van der Waals surface area contributed by atoms with E-state index in [0.717, 1.165) is 17.7 Å². The van der Waals surface area contributed by atoms with Gasteiger partial charge in [0.15, 0.2) is 10.8 Å². The number of hydrogen-bond donors (Lipinski definition) is 2. The number of para-hydroxylation sites is 1. The third-order valence-electron chi connectivity index (χ3n) is 3.58. The first-order valence-electron chi connectivity index (χ1n) is 7.48. The minimum Gasteiger partial charge on any atom is -0.496 e. The van der Waals surface area contributed by atoms with Gasteiger partial charge >= 0.3 is 0 Å². The molecule has 0 spiro atoms. The molecule has 0 saturated carbocycles. The second kappa shape index (κ2) is 7.22. The monoisotopic (exact) mass is 343 g/mol. The molecule has 0 saturated heterocycles. The molecule has 0 aliphatic rings. The van der Waals surface area contributed by atoms with Gasteiger partial charge in [0.25, 0.3) is 5.91 Å². The van der Waals surface area contributed by atoms with Gasteiger partial charge in [0, 0.05) is 10.9 Å². The minimum atomic E-state index is -0.227. The van der Waals surface area contributed by atoms with E-state index in [4.69, 9.17) is 4.74 Å². The summed E-state index contributed by atoms with van der Waals surface area (Å²) in [5, 5.41) is 11.9. The maximum Gasteiger partial charge on any atom is 0.271 e. The number of methoxy groups -OCH3 is 1. The minimum absolute atomic E-state index is 0.149. The summed E-state index contributed by atoms with van der Waals surface area (Å²) in [4.78, 5) is 20.9. The number of amides is 1. The van der Waals surface area contributed by atoms with Crippen molar-refractivity contribution in [3.63, 3.8) is 0 Å². The van der Waals surface area contributed by atoms with Crippen molar-refractivity contribution < 1.29 is 9.53 Å². The maximum atomic E-state index is 12.5. The summed E-state index contributed by atoms with van der Waals surface area (Å²) < 4.78 is 5.38. The Kier molecular flexibility index (Phi) is 4.85. The number of nitrogens with one attached hydrogen (secondary N) is 2. The van der Waals surface area contributed by atoms with Gasteiger partial charge in [-0.1, -0.05) is 25.1 Å². The van der Waals surface area contributed by atoms with Crippen molar-refractivity contribution in [3.8, 4) is 16.6 Å². The molecule has 0 aliphatic heterocycles. The zero-order valence-electron chi connectivity index (χ0n) is 13.3. The number of benzene rings is 1. The lowest BCUT2D eigenvalue weighted by Gasteiger charge is -2.19. The van der Waals surface area contributed by atoms with Crippen LogP contribution in [0, 0.1) is 0 Å². The van der Waals surface area contributed by atoms with Crippen molar-refractivity contribution in [3.05, 3.63) is 47.2 Å². The zero-order chi connectivity index (χ0) is 16.9. The normalized spacial score (nSPS) is 11.9. The van der Waals surface area contributed by atoms with Gasteiger partial charge in [0.1, 0.15) is 17.8 Å². The molecular formula is C16H17N5O2S. The molecule has 1 aromatic carbocycles. The van der Waals surface area contributed by atoms with Crippen molar-refractivity contribution in [2.24, 2.45) is 0 Å². The fourth-order valence-electron chi connectivity index (χ4n) is 2.38. The largest absolute Gasteiger partial charge is 0.496 e. The fourth-order valence-corrected chi connectivity index (χ4v) is 3.13. The van der Waals surface area contributed by atoms with Gasteiger partial charge in [-0.25, -0.2) is 9.97 Å². The quantitative estimate of drug-likeness (QED) is 0.718. The van der Waals surface area contributed by atoms with E-state index in [1.54, 1.807) is 12.5 Å². The lowest BCUT2D eigenvalue weighted by Crippen LogP contribution is -2.28. The third-order valence-corrected chi connectivity index (χ3v) is 4.43. The van der Waals surface area contributed by atoms with Crippen LogP contribution in [0.15, 0.2) is 36.0 Å². The van der Waals surface area contributed by atoms with E-state index >= 15 is 0 Å². The summed E-state index contributed by atoms with van der Waals surface area (Å²) in [6.07, 6.45) is 2.15. The predicted molar refractivity (Wildman–Crippen MR) is 91.0 cm³/mol. The second-order valence-corrected chi connectivity index (χ2v) is 5.91. The average Bonchev–Trinajstić information content (AvgIpc) is 3.30. The molecule has 0 radical (unpaired) electrons. The Morgan fingerprint density at radius 2 is 2.25 bits per heavy atom. The number of carbonyl (C=O) groups is 1. The van der Waals surface area contributed by atoms with Crippen LogP contribution in [0.5, 0.6) is 5.75 Å². The second-order valence-electron chi connectivity index (χ2n) is 5.05. The van der Waals surface area contributed by atoms with E-state index in [2.05, 4.69) is 25.5 Å². The Hall–Kier alpha value is -2.74. The van der Waals surface area contributed by atoms with Crippen LogP contribution in [0.25, 0.3) is 10.8 Å². The lowest BCUT2D eigenvalue weighted by atomic mass is 10.0. The van der Waals surface area contributed by atoms with Crippen LogP contribution in [0.3, 0.4) is 0 Å². The Morgan fingerprint density at radius 1 is 1.42 bits per heavy atom. The van der Waals surface area contributed by atoms with E-state index in [9.17, 15) is 4.79 Å². The molecule has 3 rings (SSSR count). The number of H-pyrrole nitrogens is 1. The number of rotatable bonds is 6. The number of carbonyl (C=O) groups excluding carboxylic acids is 1. The maximum absolute atomic E-state index is 12.5. The first-order chi connectivity index (χ1) is 11.7. The van der Waals surface area contributed by atoms with Crippen LogP contribution in [0.1, 0.15) is 35.4 Å². The smallest absolute Gasteiger partial charge is 0.271 e. The van der Waals surface area contributed by atoms with E-state index < -0.39 is 0 Å². The van der Waals surface area contributed by atoms with Crippen molar-refractivity contribution >= 4 is 17.2 Å². The van der Waals surface area contributed by atoms with Gasteiger partial charge < -0.3 is 10.1 Å². The van der Waals surface area contributed by atoms with Gasteiger partial charge in [-0.3, -0.25) is 9.89 Å². The molecule has 0 fully saturated rings. The highest BCUT2D eigenvalue weighted by atomic mass is 32.1. The molecule has 3 aromatic rings. The molecule has 2 heterocycles. The number of ether oxygens (including phenoxy) is 1. The Labute approximate surface area is 143 Å². The molecule has 1 atom stereocenters. The SMILES string of the molecule is CC[C@@H](NC(=O)c1csc(-c2ncn[nH]2)n1)c1ccccc1OC. The number of aromatic nitrogens is 4. The van der Waals surface area contributed by atoms with Crippen LogP contribution in [-0.2, 0) is 0 Å². The number of nitrogens with zero attached hydrogens (tertiary/aromatic N) is 3. The van der Waals surface area contributed by atoms with Crippen LogP contribution < -0.4 is 10.1 Å². The molecule has 8 heteroatoms. The molecule has 7 nitrogen and oxygen atoms in total. The topological polar surface area (TPSA) is 92.8 Å². The van der Waals surface area contributed by atoms with Crippen molar-refractivity contribution in [2.45, 2.75) is 19.4 Å². The molecule has 0 bridgehead atoms. The van der Waals surface area contributed by atoms with Gasteiger partial charge in [0.05, 0.1) is 13.2 Å². The standard InChI is InChI=1S/C16H17N5O2S/c1-3-11(10-6-4-5-7-13(10)23-2)19-15(22)12-8-24-16(20-12)14-17-9-18-21-14/h4-9,11H,3H2,1-2H3,(H,19,22)(H,17,18,21)/t11-/m1/s1. The molecule has 124 valence electrons. The van der Waals surface area contributed by atoms with Crippen LogP contribution in [-0.4, -0.2) is 33.2 Å². The zero-order valence-corrected chi connectivity index (χ0v) is 14.1. The molecule has 0 unspecified atom stereocenters. The molecule has 1 amide bonds. The third kappa shape index (κ3) is 3.28. The molecule has 2 N–H and O–H groups in total. The summed E-state index contributed by atoms with van der Waals surface area (Å²) >= 11 is 1.34. The Morgan fingerprint density at radius 3 is 2.96 bits per heavy atom. The fraction of sp³-hybridized carbons (Fsp3) is 0.250. The summed E-state index contributed by atoms with van der Waals surface area (Å²) in [5.74, 6) is 1.08. The highest BCUT2D eigenvalue weighted by molar-refractivity contribution is 7.13. The summed E-state index contributed by atoms with van der Waals surface area (Å²) in [7, 11) is 1.62. The number of aromatic amines is 1. The highest BCUT2D eigenvalue weighted by Crippen LogP contribution is 2.27. The van der Waals surface area contributed by atoms with E-state index in [0.29, 0.717) is 16.5 Å². The lowest BCUT2D eigenvalue weighted by molar-refractivity contribution is 0.0931. The Bertz CT molecular complexity index is 816. The molecule has 24 heavy (non-hydrogen) atoms. The van der Waals surface area contributed by atoms with E-state index in [1.807, 2.05) is 31.2 Å². The number of thiazole rings is 1. The van der Waals surface area contributed by atoms with Crippen LogP contribution >= 0.6 is 11.3 Å². The Balaban J connectivity index is 1.78. The summed E-state index contributed by atoms with van der Waals surface area (Å²) in [6.45, 7) is 2.01. The van der Waals surface area contributed by atoms with Crippen molar-refractivity contribution in [1.82, 2.24) is 25.5 Å². The summed E-state index contributed by atoms with van der Waals surface area (Å²) in [6, 6.07) is 7.52. The predicted octanol–water partition coefficient (Wildman–Crippen LogP) is 2.82. The highest BCUT2D eigenvalue weighted by Gasteiger charge is 2.19. The molecule has 2 aromatic heterocycles. The van der Waals surface area contributed by atoms with Crippen LogP contribution in [0.2, 0.25) is 0 Å². The van der Waals surface area contributed by atoms with Crippen LogP contribution in [0.4, 0.5) is 0 Å². The molecular weight excluding hydrogens is 326 g/mol. The van der Waals surface area contributed by atoms with E-state index in [-0.39, 0.29) is 11.9 Å². The van der Waals surface area contributed by atoms with Gasteiger partial charge in [-0.05, 0) is 12.5 Å². The van der Waals surface area contributed by atoms with Crippen molar-refractivity contribution in [1.29, 1.82) is 0 Å². The first kappa shape index (κ1) is 16.1. The van der Waals surface area contributed by atoms with Gasteiger partial charge in [-0.2, -0.15) is 5.10 Å². The number of hydrogen-bond acceptors (Lipinski definition) is 6. The molecule has 0 aliphatic carbocycles. The van der Waals surface area contributed by atoms with Gasteiger partial charge in [-0.15, -0.1) is 11.3 Å². The summed E-state index contributed by atoms with van der Waals surface area (Å²) in [5.41, 5.74) is 1.31. The van der Waals surface area contributed by atoms with Gasteiger partial charge in [0.2, 0.25) is 0 Å².